The van der Waals surface area contributed by atoms with Crippen molar-refractivity contribution in [3.63, 3.8) is 0 Å². The molecule has 0 aliphatic heterocycles. The molecule has 0 amide bonds. The first-order valence-electron chi connectivity index (χ1n) is 5.20. The molecule has 0 saturated heterocycles. The van der Waals surface area contributed by atoms with Crippen LogP contribution >= 0.6 is 46.4 Å². The summed E-state index contributed by atoms with van der Waals surface area (Å²) in [6.45, 7) is 0. The molecule has 0 atom stereocenters. The van der Waals surface area contributed by atoms with Gasteiger partial charge in [-0.15, -0.1) is 0 Å². The van der Waals surface area contributed by atoms with Crippen LogP contribution in [0.4, 0.5) is 0 Å². The van der Waals surface area contributed by atoms with Crippen molar-refractivity contribution in [1.29, 1.82) is 5.26 Å². The number of hydrogen-bond donors (Lipinski definition) is 0. The van der Waals surface area contributed by atoms with Crippen LogP contribution in [0, 0.1) is 11.3 Å². The van der Waals surface area contributed by atoms with Crippen LogP contribution in [0.2, 0.25) is 20.2 Å². The Morgan fingerprint density at radius 2 is 1.68 bits per heavy atom. The van der Waals surface area contributed by atoms with Gasteiger partial charge in [0.05, 0.1) is 33.3 Å². The fraction of sp³-hybridized carbons (Fsp3) is 0.0769. The molecule has 1 heterocycles. The molecule has 0 spiro atoms. The zero-order valence-corrected chi connectivity index (χ0v) is 12.4. The molecule has 0 N–H and O–H groups in total. The number of halogens is 4. The molecule has 0 unspecified atom stereocenters. The number of nitriles is 1. The molecule has 1 aromatic carbocycles. The van der Waals surface area contributed by atoms with Gasteiger partial charge in [0.2, 0.25) is 0 Å². The minimum atomic E-state index is 0.210. The van der Waals surface area contributed by atoms with Gasteiger partial charge >= 0.3 is 0 Å². The van der Waals surface area contributed by atoms with Gasteiger partial charge in [-0.1, -0.05) is 52.5 Å². The first-order valence-corrected chi connectivity index (χ1v) is 6.71. The van der Waals surface area contributed by atoms with Gasteiger partial charge in [-0.05, 0) is 18.2 Å². The molecule has 0 radical (unpaired) electrons. The third-order valence-corrected chi connectivity index (χ3v) is 3.84. The van der Waals surface area contributed by atoms with Crippen molar-refractivity contribution in [3.05, 3.63) is 50.0 Å². The average molecular weight is 332 g/mol. The van der Waals surface area contributed by atoms with Crippen LogP contribution in [-0.4, -0.2) is 4.98 Å². The van der Waals surface area contributed by atoms with Crippen molar-refractivity contribution in [1.82, 2.24) is 4.98 Å². The Balaban J connectivity index is 2.51. The Morgan fingerprint density at radius 1 is 1.00 bits per heavy atom. The monoisotopic (exact) mass is 330 g/mol. The van der Waals surface area contributed by atoms with Crippen molar-refractivity contribution in [3.8, 4) is 17.3 Å². The van der Waals surface area contributed by atoms with Gasteiger partial charge in [0.1, 0.15) is 5.15 Å². The van der Waals surface area contributed by atoms with Gasteiger partial charge in [-0.3, -0.25) is 0 Å². The molecule has 2 rings (SSSR count). The van der Waals surface area contributed by atoms with Crippen LogP contribution in [-0.2, 0) is 6.42 Å². The second-order valence-corrected chi connectivity index (χ2v) is 5.31. The van der Waals surface area contributed by atoms with Crippen molar-refractivity contribution >= 4 is 46.4 Å². The Hall–Kier alpha value is -0.980. The normalized spacial score (nSPS) is 10.3. The summed E-state index contributed by atoms with van der Waals surface area (Å²) < 4.78 is 0. The van der Waals surface area contributed by atoms with Crippen LogP contribution < -0.4 is 0 Å². The predicted molar refractivity (Wildman–Crippen MR) is 79.0 cm³/mol. The average Bonchev–Trinajstić information content (AvgIpc) is 2.36. The predicted octanol–water partition coefficient (Wildman–Crippen LogP) is 5.43. The summed E-state index contributed by atoms with van der Waals surface area (Å²) >= 11 is 24.0. The van der Waals surface area contributed by atoms with Crippen LogP contribution in [0.3, 0.4) is 0 Å². The molecule has 19 heavy (non-hydrogen) atoms. The van der Waals surface area contributed by atoms with Gasteiger partial charge in [-0.2, -0.15) is 5.26 Å². The van der Waals surface area contributed by atoms with E-state index in [2.05, 4.69) is 4.98 Å². The molecule has 0 aliphatic rings. The summed E-state index contributed by atoms with van der Waals surface area (Å²) in [7, 11) is 0. The summed E-state index contributed by atoms with van der Waals surface area (Å²) in [6.07, 6.45) is 0.210. The van der Waals surface area contributed by atoms with Gasteiger partial charge in [0.15, 0.2) is 0 Å². The quantitative estimate of drug-likeness (QED) is 0.543. The molecule has 0 fully saturated rings. The highest BCUT2D eigenvalue weighted by Crippen LogP contribution is 2.35. The lowest BCUT2D eigenvalue weighted by Crippen LogP contribution is -1.91. The second kappa shape index (κ2) is 5.98. The highest BCUT2D eigenvalue weighted by atomic mass is 35.5. The number of pyridine rings is 1. The summed E-state index contributed by atoms with van der Waals surface area (Å²) in [5.74, 6) is 0. The lowest BCUT2D eigenvalue weighted by Gasteiger charge is -2.07. The van der Waals surface area contributed by atoms with E-state index in [1.165, 1.54) is 0 Å². The van der Waals surface area contributed by atoms with E-state index in [-0.39, 0.29) is 11.6 Å². The Morgan fingerprint density at radius 3 is 2.32 bits per heavy atom. The maximum atomic E-state index is 8.65. The minimum Gasteiger partial charge on any atom is -0.236 e. The highest BCUT2D eigenvalue weighted by Gasteiger charge is 2.11. The largest absolute Gasteiger partial charge is 0.236 e. The number of nitrogens with zero attached hydrogens (tertiary/aromatic N) is 2. The molecule has 2 aromatic rings. The zero-order chi connectivity index (χ0) is 14.0. The van der Waals surface area contributed by atoms with E-state index in [0.29, 0.717) is 31.9 Å². The Bertz CT molecular complexity index is 677. The molecule has 2 nitrogen and oxygen atoms in total. The van der Waals surface area contributed by atoms with Crippen molar-refractivity contribution in [2.45, 2.75) is 6.42 Å². The van der Waals surface area contributed by atoms with Gasteiger partial charge in [-0.25, -0.2) is 4.98 Å². The number of benzene rings is 1. The van der Waals surface area contributed by atoms with E-state index in [9.17, 15) is 0 Å². The lowest BCUT2D eigenvalue weighted by atomic mass is 10.1. The van der Waals surface area contributed by atoms with Crippen LogP contribution in [0.15, 0.2) is 24.3 Å². The standard InChI is InChI=1S/C13H6Cl4N2/c14-9-6-11(16)10(15)5-8(9)12-2-1-7(3-4-18)13(17)19-12/h1-2,5-6H,3H2. The van der Waals surface area contributed by atoms with Crippen molar-refractivity contribution in [2.24, 2.45) is 0 Å². The van der Waals surface area contributed by atoms with Crippen molar-refractivity contribution in [2.75, 3.05) is 0 Å². The van der Waals surface area contributed by atoms with Gasteiger partial charge in [0, 0.05) is 11.1 Å². The molecule has 0 bridgehead atoms. The van der Waals surface area contributed by atoms with Crippen LogP contribution in [0.25, 0.3) is 11.3 Å². The second-order valence-electron chi connectivity index (χ2n) is 3.73. The first kappa shape index (κ1) is 14.4. The maximum Gasteiger partial charge on any atom is 0.133 e. The highest BCUT2D eigenvalue weighted by molar-refractivity contribution is 6.44. The first-order chi connectivity index (χ1) is 9.02. The van der Waals surface area contributed by atoms with Crippen molar-refractivity contribution < 1.29 is 0 Å². The molecule has 1 aromatic heterocycles. The molecule has 0 aliphatic carbocycles. The topological polar surface area (TPSA) is 36.7 Å². The van der Waals surface area contributed by atoms with E-state index in [4.69, 9.17) is 51.7 Å². The fourth-order valence-corrected chi connectivity index (χ4v) is 2.41. The number of hydrogen-bond acceptors (Lipinski definition) is 2. The van der Waals surface area contributed by atoms with E-state index in [0.717, 1.165) is 0 Å². The van der Waals surface area contributed by atoms with Crippen LogP contribution in [0.5, 0.6) is 0 Å². The Kier molecular flexibility index (Phi) is 4.54. The lowest BCUT2D eigenvalue weighted by molar-refractivity contribution is 1.19. The smallest absolute Gasteiger partial charge is 0.133 e. The summed E-state index contributed by atoms with van der Waals surface area (Å²) in [5.41, 5.74) is 1.89. The third-order valence-electron chi connectivity index (χ3n) is 2.48. The SMILES string of the molecule is N#CCc1ccc(-c2cc(Cl)c(Cl)cc2Cl)nc1Cl. The zero-order valence-electron chi connectivity index (χ0n) is 9.42. The van der Waals surface area contributed by atoms with Crippen LogP contribution in [0.1, 0.15) is 5.56 Å². The molecule has 96 valence electrons. The number of rotatable bonds is 2. The van der Waals surface area contributed by atoms with E-state index >= 15 is 0 Å². The Labute approximate surface area is 130 Å². The molecule has 6 heteroatoms. The number of aromatic nitrogens is 1. The molecule has 0 saturated carbocycles. The summed E-state index contributed by atoms with van der Waals surface area (Å²) in [6, 6.07) is 8.69. The van der Waals surface area contributed by atoms with E-state index in [1.54, 1.807) is 24.3 Å². The molecular formula is C13H6Cl4N2. The summed E-state index contributed by atoms with van der Waals surface area (Å²) in [4.78, 5) is 4.22. The minimum absolute atomic E-state index is 0.210. The van der Waals surface area contributed by atoms with E-state index in [1.807, 2.05) is 6.07 Å². The van der Waals surface area contributed by atoms with E-state index < -0.39 is 0 Å². The van der Waals surface area contributed by atoms with Gasteiger partial charge < -0.3 is 0 Å². The maximum absolute atomic E-state index is 8.65. The molecular weight excluding hydrogens is 326 g/mol. The summed E-state index contributed by atoms with van der Waals surface area (Å²) in [5, 5.41) is 10.1. The fourth-order valence-electron chi connectivity index (χ4n) is 1.55. The van der Waals surface area contributed by atoms with Gasteiger partial charge in [0.25, 0.3) is 0 Å². The third kappa shape index (κ3) is 3.13.